The Balaban J connectivity index is -0.000000500. The molecule has 0 spiro atoms. The quantitative estimate of drug-likeness (QED) is 0.412. The van der Waals surface area contributed by atoms with Crippen LogP contribution in [-0.2, 0) is 4.79 Å². The van der Waals surface area contributed by atoms with Crippen LogP contribution in [0.2, 0.25) is 0 Å². The summed E-state index contributed by atoms with van der Waals surface area (Å²) in [6.45, 7) is 1.57. The molecule has 0 unspecified atom stereocenters. The van der Waals surface area contributed by atoms with Crippen LogP contribution in [0.1, 0.15) is 0 Å². The van der Waals surface area contributed by atoms with Gasteiger partial charge in [0.15, 0.2) is 6.54 Å². The predicted octanol–water partition coefficient (Wildman–Crippen LogP) is -3.81. The van der Waals surface area contributed by atoms with Crippen molar-refractivity contribution in [3.05, 3.63) is 0 Å². The number of nitrogens with zero attached hydrogens (tertiary/aromatic N) is 1. The molecule has 0 aromatic rings. The largest absolute Gasteiger partial charge is 1.00 e. The van der Waals surface area contributed by atoms with Gasteiger partial charge in [-0.15, -0.1) is 12.4 Å². The van der Waals surface area contributed by atoms with Crippen LogP contribution >= 0.6 is 12.4 Å². The maximum Gasteiger partial charge on any atom is 0.275 e. The Morgan fingerprint density at radius 3 is 2.15 bits per heavy atom. The van der Waals surface area contributed by atoms with Crippen molar-refractivity contribution in [2.24, 2.45) is 5.73 Å². The van der Waals surface area contributed by atoms with Crippen molar-refractivity contribution in [1.82, 2.24) is 5.32 Å². The molecule has 0 aromatic carbocycles. The zero-order valence-corrected chi connectivity index (χ0v) is 11.3. The van der Waals surface area contributed by atoms with Crippen molar-refractivity contribution < 1.29 is 33.3 Å². The van der Waals surface area contributed by atoms with Crippen molar-refractivity contribution in [1.29, 1.82) is 0 Å². The van der Waals surface area contributed by atoms with Crippen LogP contribution < -0.4 is 35.0 Å². The number of carbonyl (C=O) groups excluding carboxylic acids is 1. The number of nitrogens with two attached hydrogens (primary N) is 1. The minimum atomic E-state index is 0. The number of hydrogen-bond acceptors (Lipinski definition) is 2. The SMILES string of the molecule is C[N+](C)(C)CC(=O)NCCN.Cl.[I-]. The molecule has 13 heavy (non-hydrogen) atoms. The first-order valence-electron chi connectivity index (χ1n) is 3.73. The van der Waals surface area contributed by atoms with Crippen LogP contribution in [0, 0.1) is 0 Å². The Labute approximate surface area is 103 Å². The molecule has 0 aliphatic carbocycles. The smallest absolute Gasteiger partial charge is 0.275 e. The van der Waals surface area contributed by atoms with Gasteiger partial charge < -0.3 is 39.5 Å². The lowest BCUT2D eigenvalue weighted by atomic mass is 10.4. The summed E-state index contributed by atoms with van der Waals surface area (Å²) in [5, 5.41) is 2.71. The van der Waals surface area contributed by atoms with Gasteiger partial charge in [-0.2, -0.15) is 0 Å². The molecule has 0 heterocycles. The number of likely N-dealkylation sites (N-methyl/N-ethyl adjacent to an activating group) is 1. The summed E-state index contributed by atoms with van der Waals surface area (Å²) in [5.41, 5.74) is 5.22. The van der Waals surface area contributed by atoms with E-state index in [1.54, 1.807) is 0 Å². The highest BCUT2D eigenvalue weighted by molar-refractivity contribution is 5.85. The van der Waals surface area contributed by atoms with Gasteiger partial charge in [0, 0.05) is 13.1 Å². The number of halogens is 2. The highest BCUT2D eigenvalue weighted by atomic mass is 127. The van der Waals surface area contributed by atoms with Gasteiger partial charge in [0.25, 0.3) is 5.91 Å². The van der Waals surface area contributed by atoms with Crippen molar-refractivity contribution in [2.45, 2.75) is 0 Å². The lowest BCUT2D eigenvalue weighted by Gasteiger charge is -2.22. The normalized spacial score (nSPS) is 9.54. The van der Waals surface area contributed by atoms with Gasteiger partial charge in [-0.25, -0.2) is 0 Å². The third-order valence-electron chi connectivity index (χ3n) is 1.08. The molecule has 0 fully saturated rings. The minimum Gasteiger partial charge on any atom is -1.00 e. The van der Waals surface area contributed by atoms with Crippen molar-refractivity contribution in [3.8, 4) is 0 Å². The van der Waals surface area contributed by atoms with Gasteiger partial charge in [0.05, 0.1) is 21.1 Å². The Kier molecular flexibility index (Phi) is 13.2. The number of rotatable bonds is 4. The molecule has 0 aliphatic heterocycles. The summed E-state index contributed by atoms with van der Waals surface area (Å²) in [7, 11) is 5.92. The maximum absolute atomic E-state index is 11.0. The van der Waals surface area contributed by atoms with E-state index in [0.717, 1.165) is 0 Å². The second-order valence-electron chi connectivity index (χ2n) is 3.59. The molecule has 0 bridgehead atoms. The molecule has 0 atom stereocenters. The van der Waals surface area contributed by atoms with Gasteiger partial charge in [-0.3, -0.25) is 4.79 Å². The van der Waals surface area contributed by atoms with Gasteiger partial charge >= 0.3 is 0 Å². The van der Waals surface area contributed by atoms with E-state index in [4.69, 9.17) is 5.73 Å². The number of hydrogen-bond donors (Lipinski definition) is 2. The van der Waals surface area contributed by atoms with E-state index in [-0.39, 0.29) is 42.3 Å². The van der Waals surface area contributed by atoms with Crippen LogP contribution in [0.25, 0.3) is 0 Å². The van der Waals surface area contributed by atoms with Gasteiger partial charge in [-0.05, 0) is 0 Å². The van der Waals surface area contributed by atoms with Crippen molar-refractivity contribution in [2.75, 3.05) is 40.8 Å². The van der Waals surface area contributed by atoms with E-state index < -0.39 is 0 Å². The molecule has 6 heteroatoms. The Morgan fingerprint density at radius 2 is 1.85 bits per heavy atom. The van der Waals surface area contributed by atoms with Gasteiger partial charge in [-0.1, -0.05) is 0 Å². The molecular formula is C7H19ClIN3O. The Bertz CT molecular complexity index is 138. The highest BCUT2D eigenvalue weighted by Gasteiger charge is 2.12. The second kappa shape index (κ2) is 8.98. The number of nitrogens with one attached hydrogen (secondary N) is 1. The van der Waals surface area contributed by atoms with Gasteiger partial charge in [0.1, 0.15) is 0 Å². The number of quaternary nitrogens is 1. The molecule has 0 radical (unpaired) electrons. The summed E-state index contributed by atoms with van der Waals surface area (Å²) in [6, 6.07) is 0. The molecule has 0 saturated heterocycles. The van der Waals surface area contributed by atoms with E-state index in [9.17, 15) is 4.79 Å². The molecule has 82 valence electrons. The summed E-state index contributed by atoms with van der Waals surface area (Å²) in [4.78, 5) is 11.0. The molecule has 0 aromatic heterocycles. The fourth-order valence-corrected chi connectivity index (χ4v) is 0.698. The topological polar surface area (TPSA) is 55.1 Å². The molecule has 3 N–H and O–H groups in total. The zero-order valence-electron chi connectivity index (χ0n) is 8.34. The second-order valence-corrected chi connectivity index (χ2v) is 3.59. The third kappa shape index (κ3) is 15.2. The first-order chi connectivity index (χ1) is 4.95. The number of carbonyl (C=O) groups is 1. The van der Waals surface area contributed by atoms with Crippen LogP contribution in [0.5, 0.6) is 0 Å². The summed E-state index contributed by atoms with van der Waals surface area (Å²) < 4.78 is 0.649. The fourth-order valence-electron chi connectivity index (χ4n) is 0.698. The average molecular weight is 324 g/mol. The summed E-state index contributed by atoms with van der Waals surface area (Å²) >= 11 is 0. The fraction of sp³-hybridized carbons (Fsp3) is 0.857. The predicted molar refractivity (Wildman–Crippen MR) is 52.2 cm³/mol. The minimum absolute atomic E-state index is 0. The van der Waals surface area contributed by atoms with Crippen LogP contribution in [0.4, 0.5) is 0 Å². The zero-order chi connectivity index (χ0) is 8.91. The molecule has 4 nitrogen and oxygen atoms in total. The lowest BCUT2D eigenvalue weighted by molar-refractivity contribution is -0.862. The molecular weight excluding hydrogens is 304 g/mol. The Hall–Kier alpha value is 0.410. The van der Waals surface area contributed by atoms with Gasteiger partial charge in [0.2, 0.25) is 0 Å². The molecule has 0 rings (SSSR count). The van der Waals surface area contributed by atoms with E-state index in [1.165, 1.54) is 0 Å². The van der Waals surface area contributed by atoms with E-state index >= 15 is 0 Å². The Morgan fingerprint density at radius 1 is 1.38 bits per heavy atom. The monoisotopic (exact) mass is 323 g/mol. The van der Waals surface area contributed by atoms with E-state index in [0.29, 0.717) is 24.1 Å². The van der Waals surface area contributed by atoms with E-state index in [2.05, 4.69) is 5.32 Å². The van der Waals surface area contributed by atoms with Crippen LogP contribution in [0.15, 0.2) is 0 Å². The highest BCUT2D eigenvalue weighted by Crippen LogP contribution is 1.87. The lowest BCUT2D eigenvalue weighted by Crippen LogP contribution is -3.00. The van der Waals surface area contributed by atoms with Crippen molar-refractivity contribution in [3.63, 3.8) is 0 Å². The maximum atomic E-state index is 11.0. The van der Waals surface area contributed by atoms with Crippen molar-refractivity contribution >= 4 is 18.3 Å². The number of amides is 1. The molecule has 0 aliphatic rings. The standard InChI is InChI=1S/C7H17N3O.ClH.HI/c1-10(2,3)6-7(11)9-5-4-8;;/h4-6,8H2,1-3H3;2*1H. The first kappa shape index (κ1) is 19.1. The third-order valence-corrected chi connectivity index (χ3v) is 1.08. The molecule has 0 saturated carbocycles. The summed E-state index contributed by atoms with van der Waals surface area (Å²) in [5.74, 6) is 0.0583. The first-order valence-corrected chi connectivity index (χ1v) is 3.73. The average Bonchev–Trinajstić information content (AvgIpc) is 1.79. The molecule has 1 amide bonds. The summed E-state index contributed by atoms with van der Waals surface area (Å²) in [6.07, 6.45) is 0. The van der Waals surface area contributed by atoms with E-state index in [1.807, 2.05) is 21.1 Å². The van der Waals surface area contributed by atoms with Crippen LogP contribution in [-0.4, -0.2) is 51.2 Å². The van der Waals surface area contributed by atoms with Crippen LogP contribution in [0.3, 0.4) is 0 Å².